The summed E-state index contributed by atoms with van der Waals surface area (Å²) in [6.45, 7) is 15.7. The molecule has 630 valence electrons. The number of esters is 2. The summed E-state index contributed by atoms with van der Waals surface area (Å²) in [7, 11) is 0. The second kappa shape index (κ2) is 45.3. The van der Waals surface area contributed by atoms with Crippen LogP contribution < -0.4 is 20.4 Å². The smallest absolute Gasteiger partial charge is 0.338 e. The van der Waals surface area contributed by atoms with E-state index in [4.69, 9.17) is 15.2 Å². The van der Waals surface area contributed by atoms with E-state index in [0.717, 1.165) is 59.9 Å². The first-order chi connectivity index (χ1) is 59.5. The van der Waals surface area contributed by atoms with E-state index in [1.54, 1.807) is 49.4 Å². The zero-order valence-corrected chi connectivity index (χ0v) is 70.5. The van der Waals surface area contributed by atoms with Crippen molar-refractivity contribution < 1.29 is 53.2 Å². The van der Waals surface area contributed by atoms with E-state index in [0.29, 0.717) is 74.0 Å². The van der Waals surface area contributed by atoms with Gasteiger partial charge in [-0.2, -0.15) is 0 Å². The molecule has 14 rings (SSSR count). The Hall–Kier alpha value is -14.2. The molecule has 3 unspecified atom stereocenters. The average Bonchev–Trinajstić information content (AvgIpc) is 0.756. The van der Waals surface area contributed by atoms with Crippen molar-refractivity contribution >= 4 is 69.2 Å². The monoisotopic (exact) mass is 1650 g/mol. The van der Waals surface area contributed by atoms with Crippen LogP contribution in [-0.2, 0) is 74.3 Å². The Morgan fingerprint density at radius 1 is 0.398 bits per heavy atom. The Morgan fingerprint density at radius 3 is 1.08 bits per heavy atom. The quantitative estimate of drug-likeness (QED) is 0.0106. The summed E-state index contributed by atoms with van der Waals surface area (Å²) < 4.78 is 12.0. The predicted molar refractivity (Wildman–Crippen MR) is 486 cm³/mol. The molecule has 0 radical (unpaired) electrons. The molecule has 0 saturated carbocycles. The molecular formula is C104H106N6O13. The summed E-state index contributed by atoms with van der Waals surface area (Å²) in [5.74, 6) is -1.42. The van der Waals surface area contributed by atoms with Gasteiger partial charge >= 0.3 is 11.9 Å². The number of carbonyl (C=O) groups is 6. The first-order valence-corrected chi connectivity index (χ1v) is 41.7. The van der Waals surface area contributed by atoms with Crippen molar-refractivity contribution in [2.24, 2.45) is 0 Å². The van der Waals surface area contributed by atoms with Crippen molar-refractivity contribution in [3.05, 3.63) is 426 Å². The van der Waals surface area contributed by atoms with Gasteiger partial charge in [-0.15, -0.1) is 0 Å². The fraction of sp³-hybridized carbons (Fsp3) is 0.231. The summed E-state index contributed by atoms with van der Waals surface area (Å²) in [6, 6.07) is 105. The first-order valence-electron chi connectivity index (χ1n) is 41.7. The normalized spacial score (nSPS) is 14.7. The molecule has 12 aromatic carbocycles. The molecule has 2 aliphatic rings. The Kier molecular flexibility index (Phi) is 33.5. The maximum Gasteiger partial charge on any atom is 0.338 e. The lowest BCUT2D eigenvalue weighted by Gasteiger charge is -2.39. The second-order valence-corrected chi connectivity index (χ2v) is 30.2. The van der Waals surface area contributed by atoms with Gasteiger partial charge in [-0.1, -0.05) is 296 Å². The number of cyclic esters (lactones) is 2. The van der Waals surface area contributed by atoms with Gasteiger partial charge in [-0.25, -0.2) is 4.79 Å². The number of nitro benzene ring substituents is 2. The fourth-order valence-electron chi connectivity index (χ4n) is 15.0. The number of aliphatic hydroxyl groups is 1. The maximum absolute atomic E-state index is 13.7. The number of nitrogen functional groups attached to an aromatic ring is 1. The number of nitro groups is 2. The molecule has 0 aromatic heterocycles. The van der Waals surface area contributed by atoms with Gasteiger partial charge in [-0.3, -0.25) is 44.2 Å². The number of carbonyl (C=O) groups excluding carboxylic acids is 6. The number of aliphatic hydroxyl groups excluding tert-OH is 1. The number of non-ortho nitro benzene ring substituents is 2. The number of nitrogens with two attached hydrogens (primary N) is 1. The molecule has 123 heavy (non-hydrogen) atoms. The number of benzene rings is 12. The Labute approximate surface area is 720 Å². The molecule has 0 bridgehead atoms. The SMILES string of the molecule is CCC(=O)c1cccc(N(Cc2ccccc2)Cc2ccccc2)c1.CCC(=O)c1cccc(N)c1.CCC(=O)c1cccc([N+](=O)[O-])c1.CCC(C1=C(O)CC(CC)(c2cccc(N(Cc3ccccc3)Cc3ccccc3)c2)OC1=O)c1cccc([N+](=O)[O-])c1.CCC1(c2cccc(N(Cc3ccccc3)Cc3ccccc3)c2)CC(=O)CC(=O)O1. The number of ketones is 4. The van der Waals surface area contributed by atoms with E-state index in [1.165, 1.54) is 63.7 Å². The van der Waals surface area contributed by atoms with E-state index >= 15 is 0 Å². The van der Waals surface area contributed by atoms with E-state index in [2.05, 4.69) is 142 Å². The average molecular weight is 1650 g/mol. The molecule has 1 fully saturated rings. The van der Waals surface area contributed by atoms with Crippen LogP contribution in [0.15, 0.2) is 339 Å². The van der Waals surface area contributed by atoms with Crippen molar-refractivity contribution in [1.82, 2.24) is 0 Å². The number of nitrogens with zero attached hydrogens (tertiary/aromatic N) is 5. The number of hydrogen-bond acceptors (Lipinski definition) is 17. The molecule has 19 nitrogen and oxygen atoms in total. The van der Waals surface area contributed by atoms with Crippen LogP contribution in [-0.4, -0.2) is 50.0 Å². The molecule has 2 heterocycles. The van der Waals surface area contributed by atoms with E-state index in [-0.39, 0.29) is 65.1 Å². The zero-order chi connectivity index (χ0) is 87.7. The van der Waals surface area contributed by atoms with Gasteiger partial charge in [0.1, 0.15) is 29.2 Å². The second-order valence-electron chi connectivity index (χ2n) is 30.2. The summed E-state index contributed by atoms with van der Waals surface area (Å²) in [6.07, 6.45) is 3.14. The maximum atomic E-state index is 13.7. The summed E-state index contributed by atoms with van der Waals surface area (Å²) in [5.41, 5.74) is 18.8. The van der Waals surface area contributed by atoms with Crippen LogP contribution in [0.3, 0.4) is 0 Å². The molecule has 12 aromatic rings. The zero-order valence-electron chi connectivity index (χ0n) is 70.5. The van der Waals surface area contributed by atoms with Crippen LogP contribution in [0, 0.1) is 20.2 Å². The van der Waals surface area contributed by atoms with Crippen molar-refractivity contribution in [3.8, 4) is 0 Å². The third-order valence-corrected chi connectivity index (χ3v) is 21.6. The van der Waals surface area contributed by atoms with Crippen molar-refractivity contribution in [3.63, 3.8) is 0 Å². The van der Waals surface area contributed by atoms with Gasteiger partial charge in [0.05, 0.1) is 21.8 Å². The van der Waals surface area contributed by atoms with Crippen molar-refractivity contribution in [1.29, 1.82) is 0 Å². The van der Waals surface area contributed by atoms with Gasteiger partial charge in [0, 0.05) is 135 Å². The first kappa shape index (κ1) is 91.1. The van der Waals surface area contributed by atoms with Crippen LogP contribution in [0.2, 0.25) is 0 Å². The van der Waals surface area contributed by atoms with Gasteiger partial charge in [0.25, 0.3) is 11.4 Å². The molecule has 1 saturated heterocycles. The third kappa shape index (κ3) is 25.9. The van der Waals surface area contributed by atoms with Crippen LogP contribution >= 0.6 is 0 Å². The standard InChI is InChI=1S/C36H36N2O5.C27H27NO3.C23H23NO.C9H9NO3.C9H11NO/c1-3-32(28-17-11-20-31(21-28)38(41)42)34-33(39)23-36(4-2,43-35(34)40)29-18-12-19-30(22-29)37(24-26-13-7-5-8-14-26)25-27-15-9-6-10-16-27;1-2-27(18-25(29)17-26(30)31-27)23-14-9-15-24(16-23)28(19-21-10-5-3-6-11-21)20-22-12-7-4-8-13-22;1-2-23(25)21-14-9-15-22(16-21)24(17-19-10-5-3-6-11-19)18-20-12-7-4-8-13-20;1-2-9(11)7-4-3-5-8(6-7)10(12)13;1-2-9(11)7-4-3-5-8(10)6-7/h5-22,32,39H,3-4,23-25H2,1-2H3;3-16H,2,17-20H2,1H3;3-16H,2,17-18H2,1H3;3-6H,2H2,1H3;3-6H,2,10H2,1H3. The van der Waals surface area contributed by atoms with Gasteiger partial charge in [0.2, 0.25) is 0 Å². The topological polar surface area (TPSA) is 263 Å². The van der Waals surface area contributed by atoms with Gasteiger partial charge in [0.15, 0.2) is 17.3 Å². The molecule has 19 heteroatoms. The Balaban J connectivity index is 0.000000174. The largest absolute Gasteiger partial charge is 0.512 e. The minimum Gasteiger partial charge on any atom is -0.512 e. The molecule has 0 spiro atoms. The minimum absolute atomic E-state index is 0.0349. The third-order valence-electron chi connectivity index (χ3n) is 21.6. The van der Waals surface area contributed by atoms with Crippen LogP contribution in [0.25, 0.3) is 0 Å². The van der Waals surface area contributed by atoms with Crippen molar-refractivity contribution in [2.75, 3.05) is 20.4 Å². The summed E-state index contributed by atoms with van der Waals surface area (Å²) in [4.78, 5) is 100.0. The van der Waals surface area contributed by atoms with Crippen LogP contribution in [0.4, 0.5) is 34.1 Å². The number of rotatable bonds is 30. The minimum atomic E-state index is -1.05. The fourth-order valence-corrected chi connectivity index (χ4v) is 15.0. The summed E-state index contributed by atoms with van der Waals surface area (Å²) >= 11 is 0. The highest BCUT2D eigenvalue weighted by atomic mass is 16.6. The number of hydrogen-bond donors (Lipinski definition) is 2. The van der Waals surface area contributed by atoms with Crippen molar-refractivity contribution in [2.45, 2.75) is 156 Å². The lowest BCUT2D eigenvalue weighted by molar-refractivity contribution is -0.385. The van der Waals surface area contributed by atoms with Gasteiger partial charge in [-0.05, 0) is 118 Å². The number of Topliss-reactive ketones (excluding diaryl/α,β-unsaturated/α-hetero) is 4. The van der Waals surface area contributed by atoms with E-state index in [9.17, 15) is 54.1 Å². The summed E-state index contributed by atoms with van der Waals surface area (Å²) in [5, 5.41) is 33.1. The Morgan fingerprint density at radius 2 is 0.732 bits per heavy atom. The number of ether oxygens (including phenoxy) is 2. The highest BCUT2D eigenvalue weighted by Gasteiger charge is 2.45. The highest BCUT2D eigenvalue weighted by Crippen LogP contribution is 2.46. The lowest BCUT2D eigenvalue weighted by Crippen LogP contribution is -2.40. The molecular weight excluding hydrogens is 1540 g/mol. The van der Waals surface area contributed by atoms with Gasteiger partial charge < -0.3 is 35.0 Å². The Bertz CT molecular complexity index is 5420. The van der Waals surface area contributed by atoms with E-state index < -0.39 is 38.9 Å². The predicted octanol–water partition coefficient (Wildman–Crippen LogP) is 23.3. The van der Waals surface area contributed by atoms with Crippen LogP contribution in [0.5, 0.6) is 0 Å². The molecule has 3 N–H and O–H groups in total. The van der Waals surface area contributed by atoms with Crippen LogP contribution in [0.1, 0.15) is 186 Å². The molecule has 0 aliphatic carbocycles. The molecule has 3 atom stereocenters. The molecule has 0 amide bonds. The molecule has 2 aliphatic heterocycles. The van der Waals surface area contributed by atoms with E-state index in [1.807, 2.05) is 162 Å². The highest BCUT2D eigenvalue weighted by molar-refractivity contribution is 5.99. The number of anilines is 4. The lowest BCUT2D eigenvalue weighted by atomic mass is 9.79.